The molecule has 176 valence electrons. The Morgan fingerprint density at radius 2 is 1.69 bits per heavy atom. The molecule has 2 aromatic heterocycles. The SMILES string of the molecule is Cc1cc(C(O)(c2ccc3c(c2)c(-c2cccc(Cl)c2)cc(=O)n3C)c2cncn2C)ccc1Cl. The van der Waals surface area contributed by atoms with Gasteiger partial charge in [-0.05, 0) is 65.1 Å². The van der Waals surface area contributed by atoms with Crippen molar-refractivity contribution in [2.75, 3.05) is 0 Å². The number of fused-ring (bicyclic) bond motifs is 1. The molecule has 0 amide bonds. The number of hydrogen-bond donors (Lipinski definition) is 1. The van der Waals surface area contributed by atoms with Gasteiger partial charge < -0.3 is 14.2 Å². The molecule has 0 fully saturated rings. The van der Waals surface area contributed by atoms with Crippen LogP contribution in [-0.4, -0.2) is 19.2 Å². The lowest BCUT2D eigenvalue weighted by atomic mass is 9.82. The zero-order chi connectivity index (χ0) is 24.9. The predicted octanol–water partition coefficient (Wildman–Crippen LogP) is 5.84. The van der Waals surface area contributed by atoms with Gasteiger partial charge in [-0.15, -0.1) is 0 Å². The van der Waals surface area contributed by atoms with E-state index in [0.29, 0.717) is 26.9 Å². The van der Waals surface area contributed by atoms with Crippen molar-refractivity contribution in [1.82, 2.24) is 14.1 Å². The topological polar surface area (TPSA) is 60.0 Å². The van der Waals surface area contributed by atoms with Crippen LogP contribution in [0.5, 0.6) is 0 Å². The maximum atomic E-state index is 12.8. The Labute approximate surface area is 212 Å². The molecule has 1 atom stereocenters. The van der Waals surface area contributed by atoms with Gasteiger partial charge in [-0.1, -0.05) is 53.5 Å². The van der Waals surface area contributed by atoms with Crippen LogP contribution in [0.15, 0.2) is 84.0 Å². The first kappa shape index (κ1) is 23.4. The zero-order valence-electron chi connectivity index (χ0n) is 19.5. The average Bonchev–Trinajstić information content (AvgIpc) is 3.28. The van der Waals surface area contributed by atoms with Crippen molar-refractivity contribution in [3.05, 3.63) is 122 Å². The molecular weight excluding hydrogens is 481 g/mol. The van der Waals surface area contributed by atoms with E-state index in [1.807, 2.05) is 62.5 Å². The lowest BCUT2D eigenvalue weighted by Gasteiger charge is -2.30. The van der Waals surface area contributed by atoms with Gasteiger partial charge in [0.1, 0.15) is 0 Å². The molecule has 1 N–H and O–H groups in total. The highest BCUT2D eigenvalue weighted by Crippen LogP contribution is 2.40. The highest BCUT2D eigenvalue weighted by Gasteiger charge is 2.37. The minimum absolute atomic E-state index is 0.129. The number of hydrogen-bond acceptors (Lipinski definition) is 3. The maximum absolute atomic E-state index is 12.8. The molecule has 0 saturated heterocycles. The predicted molar refractivity (Wildman–Crippen MR) is 141 cm³/mol. The van der Waals surface area contributed by atoms with E-state index in [4.69, 9.17) is 23.2 Å². The minimum Gasteiger partial charge on any atom is -0.374 e. The molecule has 35 heavy (non-hydrogen) atoms. The van der Waals surface area contributed by atoms with Crippen LogP contribution >= 0.6 is 23.2 Å². The number of aromatic nitrogens is 3. The largest absolute Gasteiger partial charge is 0.374 e. The van der Waals surface area contributed by atoms with E-state index in [9.17, 15) is 9.90 Å². The zero-order valence-corrected chi connectivity index (χ0v) is 21.0. The van der Waals surface area contributed by atoms with E-state index in [1.165, 1.54) is 0 Å². The third kappa shape index (κ3) is 3.86. The number of aliphatic hydroxyl groups is 1. The Morgan fingerprint density at radius 1 is 0.943 bits per heavy atom. The normalized spacial score (nSPS) is 13.2. The second-order valence-corrected chi connectivity index (χ2v) is 9.61. The van der Waals surface area contributed by atoms with Gasteiger partial charge in [-0.3, -0.25) is 4.79 Å². The molecule has 3 aromatic carbocycles. The van der Waals surface area contributed by atoms with Gasteiger partial charge in [0.25, 0.3) is 5.56 Å². The highest BCUT2D eigenvalue weighted by molar-refractivity contribution is 6.31. The third-order valence-electron chi connectivity index (χ3n) is 6.56. The summed E-state index contributed by atoms with van der Waals surface area (Å²) < 4.78 is 3.40. The molecular formula is C28H23Cl2N3O2. The lowest BCUT2D eigenvalue weighted by Crippen LogP contribution is -2.31. The summed E-state index contributed by atoms with van der Waals surface area (Å²) in [4.78, 5) is 17.0. The van der Waals surface area contributed by atoms with Crippen LogP contribution in [0.25, 0.3) is 22.0 Å². The molecule has 2 heterocycles. The second kappa shape index (κ2) is 8.68. The molecule has 0 bridgehead atoms. The Kier molecular flexibility index (Phi) is 5.80. The molecule has 7 heteroatoms. The smallest absolute Gasteiger partial charge is 0.251 e. The maximum Gasteiger partial charge on any atom is 0.251 e. The Hall–Kier alpha value is -3.38. The molecule has 5 nitrogen and oxygen atoms in total. The fourth-order valence-electron chi connectivity index (χ4n) is 4.62. The summed E-state index contributed by atoms with van der Waals surface area (Å²) in [5.41, 5.74) is 3.42. The van der Waals surface area contributed by atoms with Crippen LogP contribution in [0.2, 0.25) is 10.0 Å². The van der Waals surface area contributed by atoms with Gasteiger partial charge in [0.15, 0.2) is 5.60 Å². The molecule has 0 saturated carbocycles. The van der Waals surface area contributed by atoms with Crippen LogP contribution in [0.4, 0.5) is 0 Å². The van der Waals surface area contributed by atoms with Gasteiger partial charge in [-0.25, -0.2) is 4.98 Å². The van der Waals surface area contributed by atoms with Crippen molar-refractivity contribution in [1.29, 1.82) is 0 Å². The summed E-state index contributed by atoms with van der Waals surface area (Å²) in [7, 11) is 3.58. The van der Waals surface area contributed by atoms with E-state index in [-0.39, 0.29) is 5.56 Å². The van der Waals surface area contributed by atoms with Crippen LogP contribution in [-0.2, 0) is 19.7 Å². The van der Waals surface area contributed by atoms with E-state index >= 15 is 0 Å². The van der Waals surface area contributed by atoms with Crippen molar-refractivity contribution < 1.29 is 5.11 Å². The number of pyridine rings is 1. The molecule has 0 radical (unpaired) electrons. The van der Waals surface area contributed by atoms with Crippen LogP contribution in [0, 0.1) is 6.92 Å². The van der Waals surface area contributed by atoms with Crippen molar-refractivity contribution in [3.63, 3.8) is 0 Å². The van der Waals surface area contributed by atoms with Crippen molar-refractivity contribution in [2.24, 2.45) is 14.1 Å². The number of benzene rings is 3. The molecule has 0 aliphatic heterocycles. The van der Waals surface area contributed by atoms with E-state index < -0.39 is 5.60 Å². The standard InChI is InChI=1S/C28H23Cl2N3O2/c1-17-11-19(7-9-24(17)30)28(35,26-15-31-16-32(26)2)20-8-10-25-23(13-20)22(14-27(34)33(25)3)18-5-4-6-21(29)12-18/h4-16,35H,1-3H3. The van der Waals surface area contributed by atoms with Gasteiger partial charge in [0.2, 0.25) is 0 Å². The fourth-order valence-corrected chi connectivity index (χ4v) is 4.93. The number of rotatable bonds is 4. The van der Waals surface area contributed by atoms with Crippen molar-refractivity contribution in [3.8, 4) is 11.1 Å². The summed E-state index contributed by atoms with van der Waals surface area (Å²) >= 11 is 12.6. The van der Waals surface area contributed by atoms with Crippen molar-refractivity contribution >= 4 is 34.1 Å². The van der Waals surface area contributed by atoms with E-state index in [2.05, 4.69) is 4.98 Å². The summed E-state index contributed by atoms with van der Waals surface area (Å²) in [5.74, 6) is 0. The van der Waals surface area contributed by atoms with Crippen LogP contribution in [0.3, 0.4) is 0 Å². The molecule has 0 spiro atoms. The second-order valence-electron chi connectivity index (χ2n) is 8.76. The minimum atomic E-state index is -1.52. The molecule has 0 aliphatic rings. The number of nitrogens with zero attached hydrogens (tertiary/aromatic N) is 3. The average molecular weight is 504 g/mol. The summed E-state index contributed by atoms with van der Waals surface area (Å²) in [6.07, 6.45) is 3.32. The van der Waals surface area contributed by atoms with E-state index in [0.717, 1.165) is 27.6 Å². The Morgan fingerprint density at radius 3 is 2.37 bits per heavy atom. The summed E-state index contributed by atoms with van der Waals surface area (Å²) in [6, 6.07) is 20.1. The first-order chi connectivity index (χ1) is 16.7. The Bertz CT molecular complexity index is 1650. The Balaban J connectivity index is 1.85. The molecule has 5 rings (SSSR count). The van der Waals surface area contributed by atoms with Gasteiger partial charge in [-0.2, -0.15) is 0 Å². The first-order valence-corrected chi connectivity index (χ1v) is 11.8. The van der Waals surface area contributed by atoms with Crippen LogP contribution < -0.4 is 5.56 Å². The van der Waals surface area contributed by atoms with Gasteiger partial charge in [0, 0.05) is 35.6 Å². The molecule has 5 aromatic rings. The summed E-state index contributed by atoms with van der Waals surface area (Å²) in [5, 5.41) is 14.4. The number of halogens is 2. The van der Waals surface area contributed by atoms with Gasteiger partial charge in [0.05, 0.1) is 23.7 Å². The molecule has 1 unspecified atom stereocenters. The summed E-state index contributed by atoms with van der Waals surface area (Å²) in [6.45, 7) is 1.91. The first-order valence-electron chi connectivity index (χ1n) is 11.1. The van der Waals surface area contributed by atoms with E-state index in [1.54, 1.807) is 46.9 Å². The monoisotopic (exact) mass is 503 g/mol. The van der Waals surface area contributed by atoms with Crippen LogP contribution in [0.1, 0.15) is 22.4 Å². The number of imidazole rings is 1. The highest BCUT2D eigenvalue weighted by atomic mass is 35.5. The lowest BCUT2D eigenvalue weighted by molar-refractivity contribution is 0.117. The molecule has 0 aliphatic carbocycles. The van der Waals surface area contributed by atoms with Crippen molar-refractivity contribution in [2.45, 2.75) is 12.5 Å². The fraction of sp³-hybridized carbons (Fsp3) is 0.143. The van der Waals surface area contributed by atoms with Gasteiger partial charge >= 0.3 is 0 Å². The quantitative estimate of drug-likeness (QED) is 0.335. The number of aryl methyl sites for hydroxylation is 3. The third-order valence-corrected chi connectivity index (χ3v) is 7.22.